The van der Waals surface area contributed by atoms with Crippen LogP contribution in [0.15, 0.2) is 42.5 Å². The lowest BCUT2D eigenvalue weighted by Crippen LogP contribution is -2.52. The molecule has 0 unspecified atom stereocenters. The number of nitrogens with one attached hydrogen (secondary N) is 1. The summed E-state index contributed by atoms with van der Waals surface area (Å²) >= 11 is 0. The van der Waals surface area contributed by atoms with E-state index in [0.29, 0.717) is 39.0 Å². The molecule has 6 heteroatoms. The van der Waals surface area contributed by atoms with Gasteiger partial charge in [-0.05, 0) is 38.1 Å². The Bertz CT molecular complexity index is 877. The average molecular weight is 396 g/mol. The Balaban J connectivity index is 1.34. The Hall–Kier alpha value is -2.60. The van der Waals surface area contributed by atoms with Crippen LogP contribution in [0.4, 0.5) is 10.5 Å². The van der Waals surface area contributed by atoms with Crippen LogP contribution in [0, 0.1) is 5.92 Å². The Morgan fingerprint density at radius 1 is 0.931 bits per heavy atom. The van der Waals surface area contributed by atoms with Crippen LogP contribution in [-0.2, 0) is 9.53 Å². The van der Waals surface area contributed by atoms with Gasteiger partial charge in [0.25, 0.3) is 0 Å². The molecule has 0 aliphatic carbocycles. The first-order valence-electron chi connectivity index (χ1n) is 10.5. The van der Waals surface area contributed by atoms with E-state index in [4.69, 9.17) is 4.74 Å². The first kappa shape index (κ1) is 19.7. The van der Waals surface area contributed by atoms with Gasteiger partial charge in [-0.3, -0.25) is 4.79 Å². The van der Waals surface area contributed by atoms with Crippen molar-refractivity contribution in [2.45, 2.75) is 38.9 Å². The second-order valence-electron chi connectivity index (χ2n) is 8.22. The van der Waals surface area contributed by atoms with E-state index in [0.717, 1.165) is 16.5 Å². The first-order chi connectivity index (χ1) is 14.0. The number of amides is 3. The van der Waals surface area contributed by atoms with Crippen LogP contribution in [0.25, 0.3) is 10.8 Å². The second kappa shape index (κ2) is 8.41. The number of rotatable bonds is 2. The van der Waals surface area contributed by atoms with Crippen molar-refractivity contribution in [3.63, 3.8) is 0 Å². The number of hydrogen-bond donors (Lipinski definition) is 1. The van der Waals surface area contributed by atoms with Crippen molar-refractivity contribution >= 4 is 28.4 Å². The molecule has 2 atom stereocenters. The highest BCUT2D eigenvalue weighted by Crippen LogP contribution is 2.25. The molecule has 1 N–H and O–H groups in total. The normalized spacial score (nSPS) is 23.2. The molecular weight excluding hydrogens is 366 g/mol. The van der Waals surface area contributed by atoms with Gasteiger partial charge < -0.3 is 19.9 Å². The molecule has 6 nitrogen and oxygen atoms in total. The zero-order valence-electron chi connectivity index (χ0n) is 17.1. The minimum Gasteiger partial charge on any atom is -0.372 e. The van der Waals surface area contributed by atoms with Crippen molar-refractivity contribution in [3.05, 3.63) is 42.5 Å². The van der Waals surface area contributed by atoms with E-state index < -0.39 is 0 Å². The highest BCUT2D eigenvalue weighted by atomic mass is 16.5. The van der Waals surface area contributed by atoms with Gasteiger partial charge in [0.2, 0.25) is 5.91 Å². The zero-order chi connectivity index (χ0) is 20.4. The number of piperidine rings is 1. The van der Waals surface area contributed by atoms with Crippen LogP contribution in [0.5, 0.6) is 0 Å². The second-order valence-corrected chi connectivity index (χ2v) is 8.22. The van der Waals surface area contributed by atoms with Gasteiger partial charge in [0.1, 0.15) is 0 Å². The molecule has 2 aromatic carbocycles. The SMILES string of the molecule is C[C@@H]1CN(C(=O)C2CCN(C(=O)Nc3cccc4ccccc34)CC2)C[C@@H](C)O1. The fourth-order valence-corrected chi connectivity index (χ4v) is 4.47. The zero-order valence-corrected chi connectivity index (χ0v) is 17.1. The third-order valence-corrected chi connectivity index (χ3v) is 5.89. The summed E-state index contributed by atoms with van der Waals surface area (Å²) in [5.41, 5.74) is 0.822. The van der Waals surface area contributed by atoms with Crippen molar-refractivity contribution < 1.29 is 14.3 Å². The van der Waals surface area contributed by atoms with Crippen LogP contribution in [0.2, 0.25) is 0 Å². The molecule has 154 valence electrons. The summed E-state index contributed by atoms with van der Waals surface area (Å²) in [4.78, 5) is 29.4. The molecule has 0 aromatic heterocycles. The summed E-state index contributed by atoms with van der Waals surface area (Å²) in [5, 5.41) is 5.18. The number of hydrogen-bond acceptors (Lipinski definition) is 3. The lowest BCUT2D eigenvalue weighted by molar-refractivity contribution is -0.148. The molecule has 4 rings (SSSR count). The minimum absolute atomic E-state index is 0.00546. The molecular formula is C23H29N3O3. The molecule has 2 fully saturated rings. The van der Waals surface area contributed by atoms with Crippen molar-refractivity contribution in [1.82, 2.24) is 9.80 Å². The summed E-state index contributed by atoms with van der Waals surface area (Å²) in [6.07, 6.45) is 1.58. The number of urea groups is 1. The fourth-order valence-electron chi connectivity index (χ4n) is 4.47. The lowest BCUT2D eigenvalue weighted by Gasteiger charge is -2.39. The molecule has 0 bridgehead atoms. The predicted molar refractivity (Wildman–Crippen MR) is 114 cm³/mol. The molecule has 0 spiro atoms. The van der Waals surface area contributed by atoms with E-state index in [1.807, 2.05) is 66.1 Å². The maximum absolute atomic E-state index is 12.9. The quantitative estimate of drug-likeness (QED) is 0.843. The van der Waals surface area contributed by atoms with E-state index in [1.165, 1.54) is 0 Å². The summed E-state index contributed by atoms with van der Waals surface area (Å²) in [6.45, 7) is 6.53. The molecule has 2 aromatic rings. The summed E-state index contributed by atoms with van der Waals surface area (Å²) in [6, 6.07) is 13.8. The van der Waals surface area contributed by atoms with Gasteiger partial charge in [-0.25, -0.2) is 4.79 Å². The molecule has 29 heavy (non-hydrogen) atoms. The smallest absolute Gasteiger partial charge is 0.321 e. The molecule has 0 radical (unpaired) electrons. The number of carbonyl (C=O) groups is 2. The number of ether oxygens (including phenoxy) is 1. The Kier molecular flexibility index (Phi) is 5.72. The number of morpholine rings is 1. The third-order valence-electron chi connectivity index (χ3n) is 5.89. The largest absolute Gasteiger partial charge is 0.372 e. The lowest BCUT2D eigenvalue weighted by atomic mass is 9.95. The van der Waals surface area contributed by atoms with Gasteiger partial charge in [0, 0.05) is 37.5 Å². The van der Waals surface area contributed by atoms with E-state index in [9.17, 15) is 9.59 Å². The van der Waals surface area contributed by atoms with Crippen molar-refractivity contribution in [3.8, 4) is 0 Å². The first-order valence-corrected chi connectivity index (χ1v) is 10.5. The van der Waals surface area contributed by atoms with E-state index in [1.54, 1.807) is 0 Å². The predicted octanol–water partition coefficient (Wildman–Crippen LogP) is 3.72. The van der Waals surface area contributed by atoms with Crippen LogP contribution < -0.4 is 5.32 Å². The Labute approximate surface area is 171 Å². The summed E-state index contributed by atoms with van der Waals surface area (Å²) < 4.78 is 5.73. The Morgan fingerprint density at radius 2 is 1.59 bits per heavy atom. The average Bonchev–Trinajstić information content (AvgIpc) is 2.73. The molecule has 2 aliphatic heterocycles. The van der Waals surface area contributed by atoms with Crippen molar-refractivity contribution in [1.29, 1.82) is 0 Å². The van der Waals surface area contributed by atoms with E-state index in [-0.39, 0.29) is 30.1 Å². The number of likely N-dealkylation sites (tertiary alicyclic amines) is 1. The maximum atomic E-state index is 12.9. The van der Waals surface area contributed by atoms with Gasteiger partial charge in [-0.2, -0.15) is 0 Å². The van der Waals surface area contributed by atoms with Crippen molar-refractivity contribution in [2.24, 2.45) is 5.92 Å². The number of anilines is 1. The van der Waals surface area contributed by atoms with Crippen LogP contribution in [-0.4, -0.2) is 60.1 Å². The van der Waals surface area contributed by atoms with Gasteiger partial charge in [0.05, 0.1) is 17.9 Å². The summed E-state index contributed by atoms with van der Waals surface area (Å²) in [5.74, 6) is 0.204. The fraction of sp³-hybridized carbons (Fsp3) is 0.478. The van der Waals surface area contributed by atoms with Gasteiger partial charge >= 0.3 is 6.03 Å². The van der Waals surface area contributed by atoms with Crippen LogP contribution in [0.1, 0.15) is 26.7 Å². The molecule has 0 saturated carbocycles. The molecule has 2 saturated heterocycles. The minimum atomic E-state index is -0.0964. The standard InChI is InChI=1S/C23H29N3O3/c1-16-14-26(15-17(2)29-16)22(27)19-10-12-25(13-11-19)23(28)24-21-9-5-7-18-6-3-4-8-20(18)21/h3-9,16-17,19H,10-15H2,1-2H3,(H,24,28)/t16-,17-/m1/s1. The number of carbonyl (C=O) groups excluding carboxylic acids is 2. The number of fused-ring (bicyclic) bond motifs is 1. The molecule has 3 amide bonds. The van der Waals surface area contributed by atoms with Crippen LogP contribution in [0.3, 0.4) is 0 Å². The molecule has 2 heterocycles. The highest BCUT2D eigenvalue weighted by Gasteiger charge is 2.33. The van der Waals surface area contributed by atoms with Crippen LogP contribution >= 0.6 is 0 Å². The summed E-state index contributed by atoms with van der Waals surface area (Å²) in [7, 11) is 0. The van der Waals surface area contributed by atoms with Crippen molar-refractivity contribution in [2.75, 3.05) is 31.5 Å². The van der Waals surface area contributed by atoms with Gasteiger partial charge in [-0.15, -0.1) is 0 Å². The van der Waals surface area contributed by atoms with Gasteiger partial charge in [0.15, 0.2) is 0 Å². The highest BCUT2D eigenvalue weighted by molar-refractivity contribution is 6.01. The monoisotopic (exact) mass is 395 g/mol. The van der Waals surface area contributed by atoms with E-state index in [2.05, 4.69) is 5.32 Å². The van der Waals surface area contributed by atoms with Gasteiger partial charge in [-0.1, -0.05) is 36.4 Å². The molecule has 2 aliphatic rings. The third kappa shape index (κ3) is 4.37. The number of nitrogens with zero attached hydrogens (tertiary/aromatic N) is 2. The topological polar surface area (TPSA) is 61.9 Å². The maximum Gasteiger partial charge on any atom is 0.321 e. The van der Waals surface area contributed by atoms with E-state index >= 15 is 0 Å². The number of benzene rings is 2. The Morgan fingerprint density at radius 3 is 2.31 bits per heavy atom.